The van der Waals surface area contributed by atoms with Crippen LogP contribution in [0.15, 0.2) is 12.1 Å². The summed E-state index contributed by atoms with van der Waals surface area (Å²) in [4.78, 5) is 23.3. The van der Waals surface area contributed by atoms with Crippen molar-refractivity contribution in [3.63, 3.8) is 0 Å². The van der Waals surface area contributed by atoms with Crippen molar-refractivity contribution < 1.29 is 28.6 Å². The fraction of sp³-hybridized carbons (Fsp3) is 0.500. The van der Waals surface area contributed by atoms with Gasteiger partial charge in [0.1, 0.15) is 11.4 Å². The predicted octanol–water partition coefficient (Wildman–Crippen LogP) is 2.22. The van der Waals surface area contributed by atoms with Crippen LogP contribution in [0, 0.1) is 11.7 Å². The average Bonchev–Trinajstić information content (AvgIpc) is 2.54. The molecule has 0 bridgehead atoms. The first-order chi connectivity index (χ1) is 11.0. The molecule has 1 saturated carbocycles. The summed E-state index contributed by atoms with van der Waals surface area (Å²) in [5.41, 5.74) is -0.202. The standard InChI is InChI=1S/C16H20FNO5/c1-22-12-8-7-11(17)13(14(12)23-2)15(19)18-10-5-3-9(4-6-10)16(20)21/h7-10H,3-6H2,1-2H3,(H,18,19)(H,20,21). The number of methoxy groups -OCH3 is 2. The Morgan fingerprint density at radius 1 is 1.17 bits per heavy atom. The first-order valence-corrected chi connectivity index (χ1v) is 7.42. The van der Waals surface area contributed by atoms with Gasteiger partial charge in [-0.2, -0.15) is 0 Å². The third-order valence-corrected chi connectivity index (χ3v) is 4.13. The van der Waals surface area contributed by atoms with E-state index in [1.165, 1.54) is 20.3 Å². The van der Waals surface area contributed by atoms with Gasteiger partial charge in [0, 0.05) is 6.04 Å². The number of benzene rings is 1. The van der Waals surface area contributed by atoms with E-state index in [9.17, 15) is 14.0 Å². The number of carboxylic acid groups (broad SMARTS) is 1. The minimum atomic E-state index is -0.810. The predicted molar refractivity (Wildman–Crippen MR) is 80.4 cm³/mol. The molecule has 2 rings (SSSR count). The maximum Gasteiger partial charge on any atom is 0.306 e. The van der Waals surface area contributed by atoms with Gasteiger partial charge in [0.25, 0.3) is 5.91 Å². The Morgan fingerprint density at radius 2 is 1.83 bits per heavy atom. The van der Waals surface area contributed by atoms with Crippen LogP contribution < -0.4 is 14.8 Å². The quantitative estimate of drug-likeness (QED) is 0.867. The zero-order valence-electron chi connectivity index (χ0n) is 13.1. The van der Waals surface area contributed by atoms with Gasteiger partial charge in [0.05, 0.1) is 20.1 Å². The molecule has 2 N–H and O–H groups in total. The molecule has 1 aliphatic rings. The van der Waals surface area contributed by atoms with Gasteiger partial charge in [-0.05, 0) is 37.8 Å². The monoisotopic (exact) mass is 325 g/mol. The van der Waals surface area contributed by atoms with Crippen LogP contribution in [0.3, 0.4) is 0 Å². The lowest BCUT2D eigenvalue weighted by molar-refractivity contribution is -0.142. The molecule has 1 aromatic rings. The number of carboxylic acids is 1. The molecular weight excluding hydrogens is 305 g/mol. The van der Waals surface area contributed by atoms with Crippen LogP contribution in [-0.2, 0) is 4.79 Å². The number of carbonyl (C=O) groups is 2. The fourth-order valence-corrected chi connectivity index (χ4v) is 2.86. The average molecular weight is 325 g/mol. The van der Waals surface area contributed by atoms with Gasteiger partial charge in [-0.1, -0.05) is 0 Å². The second-order valence-electron chi connectivity index (χ2n) is 5.52. The summed E-state index contributed by atoms with van der Waals surface area (Å²) in [6, 6.07) is 2.37. The van der Waals surface area contributed by atoms with Crippen LogP contribution in [0.1, 0.15) is 36.0 Å². The Kier molecular flexibility index (Phi) is 5.41. The van der Waals surface area contributed by atoms with Crippen LogP contribution >= 0.6 is 0 Å². The van der Waals surface area contributed by atoms with Crippen LogP contribution in [0.25, 0.3) is 0 Å². The highest BCUT2D eigenvalue weighted by Crippen LogP contribution is 2.33. The van der Waals surface area contributed by atoms with Crippen molar-refractivity contribution in [2.24, 2.45) is 5.92 Å². The fourth-order valence-electron chi connectivity index (χ4n) is 2.86. The number of nitrogens with one attached hydrogen (secondary N) is 1. The Morgan fingerprint density at radius 3 is 2.35 bits per heavy atom. The summed E-state index contributed by atoms with van der Waals surface area (Å²) in [5, 5.41) is 11.7. The molecule has 6 nitrogen and oxygen atoms in total. The first-order valence-electron chi connectivity index (χ1n) is 7.42. The third kappa shape index (κ3) is 3.72. The van der Waals surface area contributed by atoms with Gasteiger partial charge in [-0.15, -0.1) is 0 Å². The van der Waals surface area contributed by atoms with E-state index >= 15 is 0 Å². The highest BCUT2D eigenvalue weighted by atomic mass is 19.1. The smallest absolute Gasteiger partial charge is 0.306 e. The lowest BCUT2D eigenvalue weighted by atomic mass is 9.86. The molecule has 0 saturated heterocycles. The number of rotatable bonds is 5. The highest BCUT2D eigenvalue weighted by Gasteiger charge is 2.29. The summed E-state index contributed by atoms with van der Waals surface area (Å²) in [6.07, 6.45) is 2.10. The summed E-state index contributed by atoms with van der Waals surface area (Å²) >= 11 is 0. The lowest BCUT2D eigenvalue weighted by Crippen LogP contribution is -2.39. The van der Waals surface area contributed by atoms with Crippen molar-refractivity contribution in [3.8, 4) is 11.5 Å². The van der Waals surface area contributed by atoms with Gasteiger partial charge in [-0.3, -0.25) is 9.59 Å². The summed E-state index contributed by atoms with van der Waals surface area (Å²) in [6.45, 7) is 0. The number of amides is 1. The Hall–Kier alpha value is -2.31. The first kappa shape index (κ1) is 17.1. The number of ether oxygens (including phenoxy) is 2. The topological polar surface area (TPSA) is 84.9 Å². The van der Waals surface area contributed by atoms with Crippen LogP contribution in [0.5, 0.6) is 11.5 Å². The molecule has 23 heavy (non-hydrogen) atoms. The van der Waals surface area contributed by atoms with E-state index < -0.39 is 17.7 Å². The molecule has 1 aliphatic carbocycles. The molecule has 0 aromatic heterocycles. The van der Waals surface area contributed by atoms with Crippen molar-refractivity contribution in [2.45, 2.75) is 31.7 Å². The number of hydrogen-bond donors (Lipinski definition) is 2. The minimum absolute atomic E-state index is 0.0456. The zero-order chi connectivity index (χ0) is 17.0. The van der Waals surface area contributed by atoms with Gasteiger partial charge in [-0.25, -0.2) is 4.39 Å². The zero-order valence-corrected chi connectivity index (χ0v) is 13.1. The third-order valence-electron chi connectivity index (χ3n) is 4.13. The number of carbonyl (C=O) groups excluding carboxylic acids is 1. The Balaban J connectivity index is 2.11. The lowest BCUT2D eigenvalue weighted by Gasteiger charge is -2.27. The van der Waals surface area contributed by atoms with Crippen LogP contribution in [0.2, 0.25) is 0 Å². The summed E-state index contributed by atoms with van der Waals surface area (Å²) in [7, 11) is 2.75. The minimum Gasteiger partial charge on any atom is -0.493 e. The molecule has 0 unspecified atom stereocenters. The van der Waals surface area contributed by atoms with E-state index in [1.807, 2.05) is 0 Å². The second-order valence-corrected chi connectivity index (χ2v) is 5.52. The van der Waals surface area contributed by atoms with Gasteiger partial charge < -0.3 is 19.9 Å². The molecule has 1 amide bonds. The molecule has 0 atom stereocenters. The van der Waals surface area contributed by atoms with Gasteiger partial charge in [0.2, 0.25) is 0 Å². The van der Waals surface area contributed by atoms with Crippen LogP contribution in [0.4, 0.5) is 4.39 Å². The van der Waals surface area contributed by atoms with Gasteiger partial charge >= 0.3 is 5.97 Å². The SMILES string of the molecule is COc1ccc(F)c(C(=O)NC2CCC(C(=O)O)CC2)c1OC. The van der Waals surface area contributed by atoms with Crippen molar-refractivity contribution >= 4 is 11.9 Å². The summed E-state index contributed by atoms with van der Waals surface area (Å²) < 4.78 is 24.2. The number of hydrogen-bond acceptors (Lipinski definition) is 4. The van der Waals surface area contributed by atoms with E-state index in [-0.39, 0.29) is 29.0 Å². The molecule has 0 spiro atoms. The molecule has 0 aliphatic heterocycles. The van der Waals surface area contributed by atoms with Crippen molar-refractivity contribution in [3.05, 3.63) is 23.5 Å². The molecule has 126 valence electrons. The van der Waals surface area contributed by atoms with E-state index in [1.54, 1.807) is 0 Å². The van der Waals surface area contributed by atoms with E-state index in [4.69, 9.17) is 14.6 Å². The Labute approximate surface area is 133 Å². The molecule has 1 fully saturated rings. The molecule has 0 heterocycles. The highest BCUT2D eigenvalue weighted by molar-refractivity contribution is 5.98. The molecule has 1 aromatic carbocycles. The number of aliphatic carboxylic acids is 1. The normalized spacial score (nSPS) is 20.7. The molecule has 7 heteroatoms. The Bertz CT molecular complexity index is 596. The number of halogens is 1. The van der Waals surface area contributed by atoms with Crippen LogP contribution in [-0.4, -0.2) is 37.2 Å². The second kappa shape index (κ2) is 7.30. The maximum atomic E-state index is 14.1. The van der Waals surface area contributed by atoms with Crippen molar-refractivity contribution in [1.82, 2.24) is 5.32 Å². The largest absolute Gasteiger partial charge is 0.493 e. The van der Waals surface area contributed by atoms with E-state index in [0.29, 0.717) is 25.7 Å². The van der Waals surface area contributed by atoms with E-state index in [2.05, 4.69) is 5.32 Å². The molecular formula is C16H20FNO5. The van der Waals surface area contributed by atoms with E-state index in [0.717, 1.165) is 6.07 Å². The van der Waals surface area contributed by atoms with Gasteiger partial charge in [0.15, 0.2) is 11.5 Å². The molecule has 0 radical (unpaired) electrons. The van der Waals surface area contributed by atoms with Crippen molar-refractivity contribution in [2.75, 3.05) is 14.2 Å². The maximum absolute atomic E-state index is 14.1. The van der Waals surface area contributed by atoms with Crippen molar-refractivity contribution in [1.29, 1.82) is 0 Å². The summed E-state index contributed by atoms with van der Waals surface area (Å²) in [5.74, 6) is -2.14.